The lowest BCUT2D eigenvalue weighted by molar-refractivity contribution is -0.209. The van der Waals surface area contributed by atoms with Crippen LogP contribution in [0.15, 0.2) is 4.60 Å². The highest BCUT2D eigenvalue weighted by Gasteiger charge is 2.42. The van der Waals surface area contributed by atoms with Crippen LogP contribution in [0.5, 0.6) is 0 Å². The Balaban J connectivity index is 3.08. The molecule has 0 aliphatic carbocycles. The molecule has 0 amide bonds. The number of aliphatic hydroxyl groups excluding tert-OH is 1. The number of hydrogen-bond donors (Lipinski definition) is 1. The van der Waals surface area contributed by atoms with E-state index in [1.807, 2.05) is 0 Å². The zero-order valence-electron chi connectivity index (χ0n) is 6.38. The van der Waals surface area contributed by atoms with Gasteiger partial charge in [0.05, 0.1) is 0 Å². The van der Waals surface area contributed by atoms with Gasteiger partial charge < -0.3 is 5.11 Å². The zero-order valence-corrected chi connectivity index (χ0v) is 7.96. The quantitative estimate of drug-likeness (QED) is 0.824. The number of halogens is 4. The maximum atomic E-state index is 12.0. The number of rotatable bonds is 1. The molecule has 1 heterocycles. The molecule has 0 radical (unpaired) electrons. The van der Waals surface area contributed by atoms with E-state index in [-0.39, 0.29) is 4.60 Å². The van der Waals surface area contributed by atoms with Crippen molar-refractivity contribution in [3.63, 3.8) is 0 Å². The van der Waals surface area contributed by atoms with Crippen LogP contribution in [0, 0.1) is 0 Å². The highest BCUT2D eigenvalue weighted by atomic mass is 79.9. The van der Waals surface area contributed by atoms with Crippen LogP contribution in [0.1, 0.15) is 11.8 Å². The molecule has 1 aromatic rings. The maximum absolute atomic E-state index is 12.0. The highest BCUT2D eigenvalue weighted by molar-refractivity contribution is 9.10. The molecule has 1 atom stereocenters. The molecule has 0 unspecified atom stereocenters. The molecule has 0 aliphatic heterocycles. The van der Waals surface area contributed by atoms with Crippen LogP contribution < -0.4 is 0 Å². The second-order valence-corrected chi connectivity index (χ2v) is 3.08. The van der Waals surface area contributed by atoms with Gasteiger partial charge in [0.25, 0.3) is 0 Å². The summed E-state index contributed by atoms with van der Waals surface area (Å²) in [6, 6.07) is 0. The van der Waals surface area contributed by atoms with E-state index in [0.717, 1.165) is 4.68 Å². The minimum Gasteiger partial charge on any atom is -0.378 e. The van der Waals surface area contributed by atoms with Crippen molar-refractivity contribution in [2.45, 2.75) is 12.3 Å². The third-order valence-corrected chi connectivity index (χ3v) is 1.96. The molecule has 1 rings (SSSR count). The molecule has 1 N–H and O–H groups in total. The molecule has 0 aliphatic rings. The molecule has 0 aromatic carbocycles. The molecule has 4 nitrogen and oxygen atoms in total. The summed E-state index contributed by atoms with van der Waals surface area (Å²) >= 11 is 2.76. The molecule has 74 valence electrons. The Kier molecular flexibility index (Phi) is 2.62. The number of alkyl halides is 3. The van der Waals surface area contributed by atoms with Crippen molar-refractivity contribution in [2.24, 2.45) is 7.05 Å². The molecule has 0 saturated heterocycles. The SMILES string of the molecule is Cn1nnc(Br)c1[C@H](O)C(F)(F)F. The molecule has 0 saturated carbocycles. The van der Waals surface area contributed by atoms with Gasteiger partial charge in [-0.25, -0.2) is 4.68 Å². The van der Waals surface area contributed by atoms with Crippen LogP contribution in [0.25, 0.3) is 0 Å². The summed E-state index contributed by atoms with van der Waals surface area (Å²) < 4.78 is 36.9. The van der Waals surface area contributed by atoms with Gasteiger partial charge in [-0.05, 0) is 15.9 Å². The minimum atomic E-state index is -4.71. The van der Waals surface area contributed by atoms with E-state index in [9.17, 15) is 13.2 Å². The maximum Gasteiger partial charge on any atom is 0.420 e. The second-order valence-electron chi connectivity index (χ2n) is 2.33. The average molecular weight is 260 g/mol. The molecule has 0 fully saturated rings. The number of aliphatic hydroxyl groups is 1. The summed E-state index contributed by atoms with van der Waals surface area (Å²) in [5.41, 5.74) is -0.410. The summed E-state index contributed by atoms with van der Waals surface area (Å²) in [6.07, 6.45) is -7.28. The summed E-state index contributed by atoms with van der Waals surface area (Å²) in [4.78, 5) is 0. The first-order chi connectivity index (χ1) is 5.84. The predicted octanol–water partition coefficient (Wildman–Crippen LogP) is 1.17. The first-order valence-electron chi connectivity index (χ1n) is 3.14. The standard InChI is InChI=1S/C5H5BrF3N3O/c1-12-2(4(6)10-11-12)3(13)5(7,8)9/h3,13H,1H3/t3-/m0/s1. The van der Waals surface area contributed by atoms with Crippen LogP contribution in [0.4, 0.5) is 13.2 Å². The average Bonchev–Trinajstić information content (AvgIpc) is 2.28. The third kappa shape index (κ3) is 1.99. The lowest BCUT2D eigenvalue weighted by Crippen LogP contribution is -2.23. The number of aromatic nitrogens is 3. The Hall–Kier alpha value is -0.630. The van der Waals surface area contributed by atoms with E-state index in [2.05, 4.69) is 26.2 Å². The topological polar surface area (TPSA) is 50.9 Å². The highest BCUT2D eigenvalue weighted by Crippen LogP contribution is 2.34. The molecule has 0 bridgehead atoms. The van der Waals surface area contributed by atoms with Crippen LogP contribution >= 0.6 is 15.9 Å². The minimum absolute atomic E-state index is 0.111. The summed E-state index contributed by atoms with van der Waals surface area (Å²) in [6.45, 7) is 0. The van der Waals surface area contributed by atoms with Crippen LogP contribution in [-0.4, -0.2) is 26.3 Å². The Labute approximate surface area is 79.5 Å². The van der Waals surface area contributed by atoms with Crippen molar-refractivity contribution in [3.8, 4) is 0 Å². The Morgan fingerprint density at radius 3 is 2.38 bits per heavy atom. The van der Waals surface area contributed by atoms with Gasteiger partial charge in [0.2, 0.25) is 0 Å². The van der Waals surface area contributed by atoms with Crippen molar-refractivity contribution in [3.05, 3.63) is 10.3 Å². The van der Waals surface area contributed by atoms with Crippen molar-refractivity contribution in [1.82, 2.24) is 15.0 Å². The molecule has 1 aromatic heterocycles. The fraction of sp³-hybridized carbons (Fsp3) is 0.600. The van der Waals surface area contributed by atoms with Gasteiger partial charge in [-0.2, -0.15) is 13.2 Å². The lowest BCUT2D eigenvalue weighted by Gasteiger charge is -2.13. The second kappa shape index (κ2) is 3.26. The van der Waals surface area contributed by atoms with E-state index in [4.69, 9.17) is 5.11 Å². The number of nitrogens with zero attached hydrogens (tertiary/aromatic N) is 3. The largest absolute Gasteiger partial charge is 0.420 e. The predicted molar refractivity (Wildman–Crippen MR) is 39.7 cm³/mol. The van der Waals surface area contributed by atoms with E-state index in [0.29, 0.717) is 0 Å². The summed E-state index contributed by atoms with van der Waals surface area (Å²) in [5.74, 6) is 0. The smallest absolute Gasteiger partial charge is 0.378 e. The van der Waals surface area contributed by atoms with E-state index >= 15 is 0 Å². The van der Waals surface area contributed by atoms with Crippen LogP contribution in [-0.2, 0) is 7.05 Å². The fourth-order valence-electron chi connectivity index (χ4n) is 0.784. The van der Waals surface area contributed by atoms with Crippen LogP contribution in [0.3, 0.4) is 0 Å². The summed E-state index contributed by atoms with van der Waals surface area (Å²) in [7, 11) is 1.27. The van der Waals surface area contributed by atoms with Crippen molar-refractivity contribution in [1.29, 1.82) is 0 Å². The molecular weight excluding hydrogens is 255 g/mol. The number of hydrogen-bond acceptors (Lipinski definition) is 3. The first-order valence-corrected chi connectivity index (χ1v) is 3.93. The van der Waals surface area contributed by atoms with Gasteiger partial charge >= 0.3 is 6.18 Å². The Morgan fingerprint density at radius 2 is 2.08 bits per heavy atom. The van der Waals surface area contributed by atoms with E-state index in [1.165, 1.54) is 7.05 Å². The normalized spacial score (nSPS) is 14.6. The molecule has 8 heteroatoms. The molecule has 0 spiro atoms. The van der Waals surface area contributed by atoms with E-state index < -0.39 is 18.0 Å². The molecular formula is C5H5BrF3N3O. The van der Waals surface area contributed by atoms with Gasteiger partial charge in [-0.15, -0.1) is 5.10 Å². The van der Waals surface area contributed by atoms with Gasteiger partial charge in [0.1, 0.15) is 5.69 Å². The van der Waals surface area contributed by atoms with Crippen molar-refractivity contribution < 1.29 is 18.3 Å². The van der Waals surface area contributed by atoms with Crippen molar-refractivity contribution >= 4 is 15.9 Å². The monoisotopic (exact) mass is 259 g/mol. The lowest BCUT2D eigenvalue weighted by atomic mass is 10.2. The van der Waals surface area contributed by atoms with Gasteiger partial charge in [-0.3, -0.25) is 0 Å². The number of aryl methyl sites for hydroxylation is 1. The zero-order chi connectivity index (χ0) is 10.2. The van der Waals surface area contributed by atoms with Gasteiger partial charge in [-0.1, -0.05) is 5.21 Å². The van der Waals surface area contributed by atoms with Gasteiger partial charge in [0, 0.05) is 7.05 Å². The summed E-state index contributed by atoms with van der Waals surface area (Å²) in [5, 5.41) is 15.5. The molecule has 13 heavy (non-hydrogen) atoms. The Bertz CT molecular complexity index is 291. The van der Waals surface area contributed by atoms with Gasteiger partial charge in [0.15, 0.2) is 10.7 Å². The van der Waals surface area contributed by atoms with Crippen LogP contribution in [0.2, 0.25) is 0 Å². The third-order valence-electron chi connectivity index (χ3n) is 1.40. The Morgan fingerprint density at radius 1 is 1.54 bits per heavy atom. The van der Waals surface area contributed by atoms with Crippen molar-refractivity contribution in [2.75, 3.05) is 0 Å². The first kappa shape index (κ1) is 10.5. The van der Waals surface area contributed by atoms with E-state index in [1.54, 1.807) is 0 Å². The fourth-order valence-corrected chi connectivity index (χ4v) is 1.33.